The molecule has 5 nitrogen and oxygen atoms in total. The van der Waals surface area contributed by atoms with Gasteiger partial charge in [-0.25, -0.2) is 14.4 Å². The average molecular weight is 385 g/mol. The third-order valence-corrected chi connectivity index (χ3v) is 4.28. The monoisotopic (exact) mass is 384 g/mol. The number of amides is 1. The molecule has 1 amide bonds. The zero-order valence-corrected chi connectivity index (χ0v) is 15.2. The van der Waals surface area contributed by atoms with Crippen LogP contribution in [0.3, 0.4) is 0 Å². The predicted octanol–water partition coefficient (Wildman–Crippen LogP) is 3.85. The van der Waals surface area contributed by atoms with Crippen molar-refractivity contribution in [1.29, 1.82) is 0 Å². The number of halogens is 2. The Morgan fingerprint density at radius 1 is 1.04 bits per heavy atom. The topological polar surface area (TPSA) is 66.9 Å². The Hall–Kier alpha value is -2.99. The molecule has 0 atom stereocenters. The summed E-state index contributed by atoms with van der Waals surface area (Å²) >= 11 is 6.07. The van der Waals surface area contributed by atoms with Gasteiger partial charge in [0.15, 0.2) is 0 Å². The van der Waals surface area contributed by atoms with E-state index in [0.29, 0.717) is 23.9 Å². The highest BCUT2D eigenvalue weighted by atomic mass is 35.5. The maximum atomic E-state index is 12.9. The van der Waals surface area contributed by atoms with Crippen molar-refractivity contribution in [3.63, 3.8) is 0 Å². The van der Waals surface area contributed by atoms with Crippen molar-refractivity contribution >= 4 is 23.3 Å². The van der Waals surface area contributed by atoms with Crippen LogP contribution in [-0.4, -0.2) is 22.4 Å². The van der Waals surface area contributed by atoms with Crippen molar-refractivity contribution in [1.82, 2.24) is 15.3 Å². The van der Waals surface area contributed by atoms with Crippen molar-refractivity contribution in [2.75, 3.05) is 11.9 Å². The summed E-state index contributed by atoms with van der Waals surface area (Å²) in [5, 5.41) is 6.49. The Kier molecular flexibility index (Phi) is 6.33. The molecule has 0 saturated carbocycles. The fourth-order valence-corrected chi connectivity index (χ4v) is 2.63. The van der Waals surface area contributed by atoms with Gasteiger partial charge < -0.3 is 10.6 Å². The first kappa shape index (κ1) is 18.8. The molecular formula is C20H18ClFN4O. The number of hydrogen-bond acceptors (Lipinski definition) is 4. The van der Waals surface area contributed by atoms with Gasteiger partial charge in [0, 0.05) is 18.1 Å². The second kappa shape index (κ2) is 9.09. The summed E-state index contributed by atoms with van der Waals surface area (Å²) in [6.07, 6.45) is 3.65. The zero-order valence-electron chi connectivity index (χ0n) is 14.5. The Morgan fingerprint density at radius 2 is 1.81 bits per heavy atom. The van der Waals surface area contributed by atoms with E-state index in [2.05, 4.69) is 20.6 Å². The van der Waals surface area contributed by atoms with Gasteiger partial charge in [0.1, 0.15) is 17.3 Å². The largest absolute Gasteiger partial charge is 0.368 e. The summed E-state index contributed by atoms with van der Waals surface area (Å²) in [5.74, 6) is 0.000948. The summed E-state index contributed by atoms with van der Waals surface area (Å²) in [6, 6.07) is 13.7. The minimum atomic E-state index is -0.319. The lowest BCUT2D eigenvalue weighted by molar-refractivity contribution is 0.0945. The molecule has 1 heterocycles. The van der Waals surface area contributed by atoms with Gasteiger partial charge in [-0.2, -0.15) is 0 Å². The molecule has 3 aromatic rings. The van der Waals surface area contributed by atoms with Gasteiger partial charge in [0.05, 0.1) is 12.4 Å². The number of nitrogens with zero attached hydrogens (tertiary/aromatic N) is 2. The third-order valence-electron chi connectivity index (χ3n) is 3.91. The van der Waals surface area contributed by atoms with E-state index in [-0.39, 0.29) is 17.4 Å². The van der Waals surface area contributed by atoms with Crippen LogP contribution in [-0.2, 0) is 13.0 Å². The normalized spacial score (nSPS) is 10.4. The van der Waals surface area contributed by atoms with Crippen molar-refractivity contribution < 1.29 is 9.18 Å². The average Bonchev–Trinajstić information content (AvgIpc) is 2.69. The van der Waals surface area contributed by atoms with Crippen molar-refractivity contribution in [3.05, 3.63) is 88.6 Å². The summed E-state index contributed by atoms with van der Waals surface area (Å²) in [5.41, 5.74) is 2.08. The highest BCUT2D eigenvalue weighted by molar-refractivity contribution is 6.31. The Balaban J connectivity index is 1.48. The standard InChI is InChI=1S/C20H18ClFN4O/c21-17-4-2-1-3-15(17)11-26-20(27)18-12-25-19(13-24-18)23-10-9-14-5-7-16(22)8-6-14/h1-8,12-13H,9-11H2,(H,23,25)(H,26,27). The van der Waals surface area contributed by atoms with Crippen LogP contribution in [0.25, 0.3) is 0 Å². The van der Waals surface area contributed by atoms with Crippen molar-refractivity contribution in [2.24, 2.45) is 0 Å². The molecule has 7 heteroatoms. The van der Waals surface area contributed by atoms with Gasteiger partial charge >= 0.3 is 0 Å². The smallest absolute Gasteiger partial charge is 0.271 e. The van der Waals surface area contributed by atoms with E-state index in [4.69, 9.17) is 11.6 Å². The number of carbonyl (C=O) groups is 1. The summed E-state index contributed by atoms with van der Waals surface area (Å²) in [7, 11) is 0. The molecule has 2 N–H and O–H groups in total. The number of aromatic nitrogens is 2. The molecule has 0 saturated heterocycles. The van der Waals surface area contributed by atoms with Gasteiger partial charge in [-0.15, -0.1) is 0 Å². The Labute approximate surface area is 161 Å². The van der Waals surface area contributed by atoms with Gasteiger partial charge in [0.2, 0.25) is 0 Å². The lowest BCUT2D eigenvalue weighted by atomic mass is 10.1. The van der Waals surface area contributed by atoms with Crippen LogP contribution >= 0.6 is 11.6 Å². The number of hydrogen-bond donors (Lipinski definition) is 2. The fraction of sp³-hybridized carbons (Fsp3) is 0.150. The van der Waals surface area contributed by atoms with E-state index in [1.165, 1.54) is 24.5 Å². The lowest BCUT2D eigenvalue weighted by Gasteiger charge is -2.08. The number of carbonyl (C=O) groups excluding carboxylic acids is 1. The molecule has 0 fully saturated rings. The molecule has 3 rings (SSSR count). The second-order valence-electron chi connectivity index (χ2n) is 5.86. The highest BCUT2D eigenvalue weighted by Crippen LogP contribution is 2.14. The summed E-state index contributed by atoms with van der Waals surface area (Å²) < 4.78 is 12.9. The van der Waals surface area contributed by atoms with E-state index < -0.39 is 0 Å². The first-order valence-corrected chi connectivity index (χ1v) is 8.81. The van der Waals surface area contributed by atoms with E-state index in [1.807, 2.05) is 18.2 Å². The van der Waals surface area contributed by atoms with Gasteiger partial charge in [0.25, 0.3) is 5.91 Å². The second-order valence-corrected chi connectivity index (χ2v) is 6.27. The maximum absolute atomic E-state index is 12.9. The number of rotatable bonds is 7. The molecule has 1 aromatic heterocycles. The van der Waals surface area contributed by atoms with E-state index >= 15 is 0 Å². The Bertz CT molecular complexity index is 901. The SMILES string of the molecule is O=C(NCc1ccccc1Cl)c1cnc(NCCc2ccc(F)cc2)cn1. The van der Waals surface area contributed by atoms with E-state index in [9.17, 15) is 9.18 Å². The minimum absolute atomic E-state index is 0.228. The van der Waals surface area contributed by atoms with Gasteiger partial charge in [-0.1, -0.05) is 41.9 Å². The van der Waals surface area contributed by atoms with Crippen LogP contribution < -0.4 is 10.6 Å². The molecule has 27 heavy (non-hydrogen) atoms. The quantitative estimate of drug-likeness (QED) is 0.649. The molecule has 0 radical (unpaired) electrons. The molecular weight excluding hydrogens is 367 g/mol. The molecule has 0 aliphatic carbocycles. The third kappa shape index (κ3) is 5.49. The number of benzene rings is 2. The van der Waals surface area contributed by atoms with Crippen LogP contribution in [0.2, 0.25) is 5.02 Å². The summed E-state index contributed by atoms with van der Waals surface area (Å²) in [6.45, 7) is 0.941. The van der Waals surface area contributed by atoms with Crippen molar-refractivity contribution in [2.45, 2.75) is 13.0 Å². The lowest BCUT2D eigenvalue weighted by Crippen LogP contribution is -2.24. The minimum Gasteiger partial charge on any atom is -0.368 e. The summed E-state index contributed by atoms with van der Waals surface area (Å²) in [4.78, 5) is 20.5. The van der Waals surface area contributed by atoms with Crippen molar-refractivity contribution in [3.8, 4) is 0 Å². The first-order chi connectivity index (χ1) is 13.1. The predicted molar refractivity (Wildman–Crippen MR) is 103 cm³/mol. The van der Waals surface area contributed by atoms with Gasteiger partial charge in [-0.3, -0.25) is 4.79 Å². The van der Waals surface area contributed by atoms with E-state index in [1.54, 1.807) is 18.2 Å². The molecule has 0 aliphatic rings. The molecule has 0 aliphatic heterocycles. The highest BCUT2D eigenvalue weighted by Gasteiger charge is 2.09. The number of anilines is 1. The van der Waals surface area contributed by atoms with Crippen LogP contribution in [0.4, 0.5) is 10.2 Å². The molecule has 0 unspecified atom stereocenters. The van der Waals surface area contributed by atoms with Crippen LogP contribution in [0.15, 0.2) is 60.9 Å². The Morgan fingerprint density at radius 3 is 2.52 bits per heavy atom. The van der Waals surface area contributed by atoms with Crippen LogP contribution in [0.1, 0.15) is 21.6 Å². The first-order valence-electron chi connectivity index (χ1n) is 8.44. The molecule has 0 spiro atoms. The molecule has 0 bridgehead atoms. The fourth-order valence-electron chi connectivity index (χ4n) is 2.43. The van der Waals surface area contributed by atoms with Crippen LogP contribution in [0.5, 0.6) is 0 Å². The zero-order chi connectivity index (χ0) is 19.1. The molecule has 138 valence electrons. The molecule has 2 aromatic carbocycles. The maximum Gasteiger partial charge on any atom is 0.271 e. The van der Waals surface area contributed by atoms with E-state index in [0.717, 1.165) is 17.5 Å². The van der Waals surface area contributed by atoms with Gasteiger partial charge in [-0.05, 0) is 35.7 Å². The van der Waals surface area contributed by atoms with Crippen LogP contribution in [0, 0.1) is 5.82 Å². The number of nitrogens with one attached hydrogen (secondary N) is 2.